The van der Waals surface area contributed by atoms with E-state index in [0.717, 1.165) is 16.8 Å². The lowest BCUT2D eigenvalue weighted by atomic mass is 10.1. The molecule has 0 aromatic carbocycles. The number of nitrogens with zero attached hydrogens (tertiary/aromatic N) is 3. The van der Waals surface area contributed by atoms with Crippen molar-refractivity contribution in [1.29, 1.82) is 0 Å². The van der Waals surface area contributed by atoms with Crippen LogP contribution in [0.5, 0.6) is 0 Å². The van der Waals surface area contributed by atoms with Gasteiger partial charge in [0.25, 0.3) is 0 Å². The van der Waals surface area contributed by atoms with Gasteiger partial charge in [-0.25, -0.2) is 9.78 Å². The standard InChI is InChI=1S/C12H11N3O2/c1-7-3-8(2)14-4-9(7)10-5-13-6-11(15-10)12(16)17/h3-6H,1-2H3,(H,16,17). The van der Waals surface area contributed by atoms with E-state index >= 15 is 0 Å². The van der Waals surface area contributed by atoms with Crippen LogP contribution >= 0.6 is 0 Å². The van der Waals surface area contributed by atoms with E-state index in [1.54, 1.807) is 6.20 Å². The highest BCUT2D eigenvalue weighted by Gasteiger charge is 2.09. The number of hydrogen-bond donors (Lipinski definition) is 1. The van der Waals surface area contributed by atoms with E-state index in [-0.39, 0.29) is 5.69 Å². The predicted molar refractivity (Wildman–Crippen MR) is 61.7 cm³/mol. The average molecular weight is 229 g/mol. The monoisotopic (exact) mass is 229 g/mol. The van der Waals surface area contributed by atoms with Gasteiger partial charge in [0.2, 0.25) is 0 Å². The zero-order chi connectivity index (χ0) is 12.4. The summed E-state index contributed by atoms with van der Waals surface area (Å²) in [5.41, 5.74) is 3.16. The van der Waals surface area contributed by atoms with Crippen molar-refractivity contribution in [2.45, 2.75) is 13.8 Å². The van der Waals surface area contributed by atoms with E-state index in [1.807, 2.05) is 19.9 Å². The summed E-state index contributed by atoms with van der Waals surface area (Å²) in [6, 6.07) is 1.92. The summed E-state index contributed by atoms with van der Waals surface area (Å²) in [7, 11) is 0. The maximum atomic E-state index is 10.8. The van der Waals surface area contributed by atoms with Crippen molar-refractivity contribution >= 4 is 5.97 Å². The molecule has 0 aliphatic heterocycles. The highest BCUT2D eigenvalue weighted by molar-refractivity contribution is 5.85. The van der Waals surface area contributed by atoms with Crippen molar-refractivity contribution in [2.24, 2.45) is 0 Å². The molecule has 1 N–H and O–H groups in total. The minimum absolute atomic E-state index is 0.0672. The van der Waals surface area contributed by atoms with Gasteiger partial charge in [-0.2, -0.15) is 0 Å². The Balaban J connectivity index is 2.53. The van der Waals surface area contributed by atoms with Crippen LogP contribution in [0.2, 0.25) is 0 Å². The average Bonchev–Trinajstić information content (AvgIpc) is 2.29. The van der Waals surface area contributed by atoms with Crippen molar-refractivity contribution in [3.8, 4) is 11.3 Å². The second-order valence-corrected chi connectivity index (χ2v) is 3.74. The molecule has 0 saturated carbocycles. The molecule has 86 valence electrons. The van der Waals surface area contributed by atoms with Crippen LogP contribution in [0.1, 0.15) is 21.7 Å². The van der Waals surface area contributed by atoms with Crippen LogP contribution in [-0.4, -0.2) is 26.0 Å². The Labute approximate surface area is 98.2 Å². The van der Waals surface area contributed by atoms with E-state index in [2.05, 4.69) is 15.0 Å². The van der Waals surface area contributed by atoms with Gasteiger partial charge in [-0.1, -0.05) is 0 Å². The van der Waals surface area contributed by atoms with Crippen molar-refractivity contribution < 1.29 is 9.90 Å². The first-order chi connectivity index (χ1) is 8.08. The van der Waals surface area contributed by atoms with Crippen LogP contribution < -0.4 is 0 Å². The van der Waals surface area contributed by atoms with E-state index in [1.165, 1.54) is 12.4 Å². The van der Waals surface area contributed by atoms with Crippen LogP contribution in [0.4, 0.5) is 0 Å². The SMILES string of the molecule is Cc1cc(C)c(-c2cncc(C(=O)O)n2)cn1. The van der Waals surface area contributed by atoms with Gasteiger partial charge in [0.05, 0.1) is 18.1 Å². The lowest BCUT2D eigenvalue weighted by molar-refractivity contribution is 0.0690. The molecule has 0 fully saturated rings. The Kier molecular flexibility index (Phi) is 2.82. The molecule has 0 spiro atoms. The Morgan fingerprint density at radius 2 is 2.00 bits per heavy atom. The third kappa shape index (κ3) is 2.28. The van der Waals surface area contributed by atoms with Crippen LogP contribution in [0.3, 0.4) is 0 Å². The first kappa shape index (κ1) is 11.2. The summed E-state index contributed by atoms with van der Waals surface area (Å²) in [6.45, 7) is 3.83. The molecule has 2 aromatic heterocycles. The molecule has 0 aliphatic carbocycles. The number of aromatic nitrogens is 3. The number of pyridine rings is 1. The molecule has 2 heterocycles. The summed E-state index contributed by atoms with van der Waals surface area (Å²) >= 11 is 0. The molecule has 0 aliphatic rings. The largest absolute Gasteiger partial charge is 0.476 e. The minimum atomic E-state index is -1.09. The zero-order valence-electron chi connectivity index (χ0n) is 9.51. The van der Waals surface area contributed by atoms with Crippen molar-refractivity contribution in [3.05, 3.63) is 41.6 Å². The molecular formula is C12H11N3O2. The van der Waals surface area contributed by atoms with E-state index in [0.29, 0.717) is 5.69 Å². The Hall–Kier alpha value is -2.30. The number of carboxylic acids is 1. The van der Waals surface area contributed by atoms with Crippen molar-refractivity contribution in [3.63, 3.8) is 0 Å². The maximum Gasteiger partial charge on any atom is 0.356 e. The van der Waals surface area contributed by atoms with Crippen molar-refractivity contribution in [1.82, 2.24) is 15.0 Å². The number of aromatic carboxylic acids is 1. The molecule has 5 nitrogen and oxygen atoms in total. The summed E-state index contributed by atoms with van der Waals surface area (Å²) in [6.07, 6.45) is 4.44. The van der Waals surface area contributed by atoms with E-state index < -0.39 is 5.97 Å². The van der Waals surface area contributed by atoms with Gasteiger partial charge in [-0.15, -0.1) is 0 Å². The third-order valence-electron chi connectivity index (χ3n) is 2.38. The highest BCUT2D eigenvalue weighted by Crippen LogP contribution is 2.20. The number of aryl methyl sites for hydroxylation is 2. The molecule has 5 heteroatoms. The number of hydrogen-bond acceptors (Lipinski definition) is 4. The highest BCUT2D eigenvalue weighted by atomic mass is 16.4. The Bertz CT molecular complexity index is 582. The first-order valence-electron chi connectivity index (χ1n) is 5.07. The molecule has 0 bridgehead atoms. The van der Waals surface area contributed by atoms with Gasteiger partial charge in [0.1, 0.15) is 0 Å². The summed E-state index contributed by atoms with van der Waals surface area (Å²) in [5.74, 6) is -1.09. The van der Waals surface area contributed by atoms with Gasteiger partial charge in [-0.05, 0) is 25.5 Å². The molecule has 0 saturated heterocycles. The van der Waals surface area contributed by atoms with Crippen LogP contribution in [0.25, 0.3) is 11.3 Å². The lowest BCUT2D eigenvalue weighted by Crippen LogP contribution is -2.02. The second kappa shape index (κ2) is 4.29. The van der Waals surface area contributed by atoms with Crippen molar-refractivity contribution in [2.75, 3.05) is 0 Å². The van der Waals surface area contributed by atoms with Gasteiger partial charge in [0.15, 0.2) is 5.69 Å². The number of carboxylic acid groups (broad SMARTS) is 1. The Morgan fingerprint density at radius 3 is 2.65 bits per heavy atom. The predicted octanol–water partition coefficient (Wildman–Crippen LogP) is 1.85. The zero-order valence-corrected chi connectivity index (χ0v) is 9.51. The van der Waals surface area contributed by atoms with Gasteiger partial charge < -0.3 is 5.11 Å². The summed E-state index contributed by atoms with van der Waals surface area (Å²) in [4.78, 5) is 22.9. The maximum absolute atomic E-state index is 10.8. The Morgan fingerprint density at radius 1 is 1.24 bits per heavy atom. The summed E-state index contributed by atoms with van der Waals surface area (Å²) in [5, 5.41) is 8.85. The van der Waals surface area contributed by atoms with Crippen LogP contribution in [0, 0.1) is 13.8 Å². The van der Waals surface area contributed by atoms with Crippen LogP contribution in [-0.2, 0) is 0 Å². The first-order valence-corrected chi connectivity index (χ1v) is 5.07. The number of rotatable bonds is 2. The molecular weight excluding hydrogens is 218 g/mol. The number of carbonyl (C=O) groups is 1. The molecule has 0 unspecified atom stereocenters. The molecule has 2 aromatic rings. The molecule has 0 atom stereocenters. The smallest absolute Gasteiger partial charge is 0.356 e. The molecule has 17 heavy (non-hydrogen) atoms. The topological polar surface area (TPSA) is 76.0 Å². The fourth-order valence-corrected chi connectivity index (χ4v) is 1.56. The molecule has 2 rings (SSSR count). The normalized spacial score (nSPS) is 10.2. The second-order valence-electron chi connectivity index (χ2n) is 3.74. The van der Waals surface area contributed by atoms with E-state index in [9.17, 15) is 4.79 Å². The summed E-state index contributed by atoms with van der Waals surface area (Å²) < 4.78 is 0. The van der Waals surface area contributed by atoms with E-state index in [4.69, 9.17) is 5.11 Å². The van der Waals surface area contributed by atoms with Gasteiger partial charge in [0, 0.05) is 17.5 Å². The quantitative estimate of drug-likeness (QED) is 0.850. The minimum Gasteiger partial charge on any atom is -0.476 e. The molecule has 0 amide bonds. The third-order valence-corrected chi connectivity index (χ3v) is 2.38. The fourth-order valence-electron chi connectivity index (χ4n) is 1.56. The lowest BCUT2D eigenvalue weighted by Gasteiger charge is -2.05. The fraction of sp³-hybridized carbons (Fsp3) is 0.167. The van der Waals surface area contributed by atoms with Gasteiger partial charge >= 0.3 is 5.97 Å². The van der Waals surface area contributed by atoms with Crippen LogP contribution in [0.15, 0.2) is 24.7 Å². The van der Waals surface area contributed by atoms with Gasteiger partial charge in [-0.3, -0.25) is 9.97 Å². The molecule has 0 radical (unpaired) electrons.